The van der Waals surface area contributed by atoms with E-state index in [4.69, 9.17) is 9.47 Å². The minimum Gasteiger partial charge on any atom is -0.490 e. The van der Waals surface area contributed by atoms with E-state index < -0.39 is 0 Å². The van der Waals surface area contributed by atoms with Crippen molar-refractivity contribution in [1.82, 2.24) is 9.97 Å². The molecule has 1 N–H and O–H groups in total. The van der Waals surface area contributed by atoms with Gasteiger partial charge in [-0.15, -0.1) is 0 Å². The molecule has 4 rings (SSSR count). The molecular formula is C26H23N3O2. The smallest absolute Gasteiger partial charge is 0.161 e. The van der Waals surface area contributed by atoms with Crippen molar-refractivity contribution in [2.45, 2.75) is 20.5 Å². The molecule has 0 aliphatic carbocycles. The van der Waals surface area contributed by atoms with Crippen LogP contribution in [0.1, 0.15) is 29.4 Å². The Morgan fingerprint density at radius 2 is 1.87 bits per heavy atom. The summed E-state index contributed by atoms with van der Waals surface area (Å²) >= 11 is 0. The number of rotatable bonds is 7. The highest BCUT2D eigenvalue weighted by Crippen LogP contribution is 2.31. The summed E-state index contributed by atoms with van der Waals surface area (Å²) in [4.78, 5) is 7.80. The Bertz CT molecular complexity index is 1270. The van der Waals surface area contributed by atoms with Crippen molar-refractivity contribution in [2.75, 3.05) is 6.61 Å². The van der Waals surface area contributed by atoms with Gasteiger partial charge in [0.05, 0.1) is 23.2 Å². The molecule has 3 aromatic carbocycles. The molecule has 1 aromatic heterocycles. The largest absolute Gasteiger partial charge is 0.490 e. The van der Waals surface area contributed by atoms with Gasteiger partial charge in [0, 0.05) is 0 Å². The lowest BCUT2D eigenvalue weighted by atomic mass is 10.1. The van der Waals surface area contributed by atoms with Gasteiger partial charge in [0.1, 0.15) is 18.5 Å². The Morgan fingerprint density at radius 3 is 2.65 bits per heavy atom. The third-order valence-electron chi connectivity index (χ3n) is 4.83. The number of hydrogen-bond donors (Lipinski definition) is 1. The number of nitriles is 1. The number of aryl methyl sites for hydroxylation is 1. The molecule has 1 heterocycles. The number of benzene rings is 3. The van der Waals surface area contributed by atoms with Crippen LogP contribution in [-0.2, 0) is 6.61 Å². The Balaban J connectivity index is 1.61. The number of aromatic amines is 1. The Morgan fingerprint density at radius 1 is 1.03 bits per heavy atom. The van der Waals surface area contributed by atoms with Crippen molar-refractivity contribution in [3.63, 3.8) is 0 Å². The second-order valence-corrected chi connectivity index (χ2v) is 7.19. The number of ether oxygens (including phenoxy) is 2. The van der Waals surface area contributed by atoms with Gasteiger partial charge < -0.3 is 14.5 Å². The minimum atomic E-state index is 0.453. The molecule has 5 nitrogen and oxygen atoms in total. The van der Waals surface area contributed by atoms with Crippen molar-refractivity contribution < 1.29 is 9.47 Å². The molecule has 154 valence electrons. The van der Waals surface area contributed by atoms with Gasteiger partial charge in [0.2, 0.25) is 0 Å². The first-order valence-electron chi connectivity index (χ1n) is 10.2. The van der Waals surface area contributed by atoms with E-state index in [1.165, 1.54) is 0 Å². The van der Waals surface area contributed by atoms with E-state index in [1.807, 2.05) is 80.6 Å². The van der Waals surface area contributed by atoms with Crippen LogP contribution in [0.25, 0.3) is 22.7 Å². The predicted molar refractivity (Wildman–Crippen MR) is 123 cm³/mol. The number of H-pyrrole nitrogens is 1. The first-order valence-corrected chi connectivity index (χ1v) is 10.2. The summed E-state index contributed by atoms with van der Waals surface area (Å²) in [6, 6.07) is 23.9. The molecule has 0 saturated heterocycles. The summed E-state index contributed by atoms with van der Waals surface area (Å²) in [5, 5.41) is 9.72. The fourth-order valence-corrected chi connectivity index (χ4v) is 3.31. The van der Waals surface area contributed by atoms with Crippen LogP contribution in [0.2, 0.25) is 0 Å². The molecule has 0 aliphatic rings. The lowest BCUT2D eigenvalue weighted by Gasteiger charge is -2.13. The number of aromatic nitrogens is 2. The molecule has 0 radical (unpaired) electrons. The van der Waals surface area contributed by atoms with Crippen LogP contribution in [0.4, 0.5) is 0 Å². The summed E-state index contributed by atoms with van der Waals surface area (Å²) in [6.45, 7) is 4.93. The van der Waals surface area contributed by atoms with E-state index in [-0.39, 0.29) is 0 Å². The number of hydrogen-bond acceptors (Lipinski definition) is 4. The Hall–Kier alpha value is -4.04. The molecule has 0 amide bonds. The summed E-state index contributed by atoms with van der Waals surface area (Å²) < 4.78 is 11.8. The molecule has 0 fully saturated rings. The maximum Gasteiger partial charge on any atom is 0.161 e. The standard InChI is InChI=1S/C26H23N3O2/c1-3-30-25-15-20(10-12-24(25)31-17-19-7-5-4-6-8-19)14-21(16-27)26-28-22-11-9-18(2)13-23(22)29-26/h4-15H,3,17H2,1-2H3,(H,28,29). The van der Waals surface area contributed by atoms with Crippen molar-refractivity contribution in [3.05, 3.63) is 89.2 Å². The number of fused-ring (bicyclic) bond motifs is 1. The average molecular weight is 409 g/mol. The van der Waals surface area contributed by atoms with Gasteiger partial charge in [-0.1, -0.05) is 42.5 Å². The van der Waals surface area contributed by atoms with Gasteiger partial charge >= 0.3 is 0 Å². The highest BCUT2D eigenvalue weighted by Gasteiger charge is 2.11. The molecule has 0 spiro atoms. The molecular weight excluding hydrogens is 386 g/mol. The zero-order chi connectivity index (χ0) is 21.6. The normalized spacial score (nSPS) is 11.3. The van der Waals surface area contributed by atoms with E-state index in [0.29, 0.717) is 36.1 Å². The topological polar surface area (TPSA) is 70.9 Å². The maximum atomic E-state index is 9.72. The van der Waals surface area contributed by atoms with Gasteiger partial charge in [0.25, 0.3) is 0 Å². The van der Waals surface area contributed by atoms with E-state index in [0.717, 1.165) is 27.7 Å². The molecule has 31 heavy (non-hydrogen) atoms. The summed E-state index contributed by atoms with van der Waals surface area (Å²) in [6.07, 6.45) is 1.80. The van der Waals surface area contributed by atoms with E-state index in [9.17, 15) is 5.26 Å². The quantitative estimate of drug-likeness (QED) is 0.385. The Labute approximate surface area is 181 Å². The lowest BCUT2D eigenvalue weighted by Crippen LogP contribution is -2.00. The number of nitrogens with one attached hydrogen (secondary N) is 1. The molecule has 0 bridgehead atoms. The van der Waals surface area contributed by atoms with Crippen LogP contribution in [0, 0.1) is 18.3 Å². The summed E-state index contributed by atoms with van der Waals surface area (Å²) in [5.41, 5.74) is 5.26. The second-order valence-electron chi connectivity index (χ2n) is 7.19. The van der Waals surface area contributed by atoms with Crippen molar-refractivity contribution in [1.29, 1.82) is 5.26 Å². The average Bonchev–Trinajstić information content (AvgIpc) is 3.20. The fraction of sp³-hybridized carbons (Fsp3) is 0.154. The lowest BCUT2D eigenvalue weighted by molar-refractivity contribution is 0.269. The Kier molecular flexibility index (Phi) is 6.00. The van der Waals surface area contributed by atoms with E-state index >= 15 is 0 Å². The first kappa shape index (κ1) is 20.2. The van der Waals surface area contributed by atoms with Crippen molar-refractivity contribution in [2.24, 2.45) is 0 Å². The van der Waals surface area contributed by atoms with Gasteiger partial charge in [-0.05, 0) is 60.9 Å². The SMILES string of the molecule is CCOc1cc(C=C(C#N)c2nc3ccc(C)cc3[nH]2)ccc1OCc1ccccc1. The first-order chi connectivity index (χ1) is 15.2. The van der Waals surface area contributed by atoms with Crippen molar-refractivity contribution in [3.8, 4) is 17.6 Å². The molecule has 0 atom stereocenters. The summed E-state index contributed by atoms with van der Waals surface area (Å²) in [5.74, 6) is 1.86. The zero-order valence-electron chi connectivity index (χ0n) is 17.6. The van der Waals surface area contributed by atoms with Crippen LogP contribution in [0.15, 0.2) is 66.7 Å². The van der Waals surface area contributed by atoms with E-state index in [1.54, 1.807) is 6.08 Å². The molecule has 0 saturated carbocycles. The molecule has 5 heteroatoms. The monoisotopic (exact) mass is 409 g/mol. The van der Waals surface area contributed by atoms with Gasteiger partial charge in [-0.25, -0.2) is 4.98 Å². The summed E-state index contributed by atoms with van der Waals surface area (Å²) in [7, 11) is 0. The van der Waals surface area contributed by atoms with Gasteiger partial charge in [-0.3, -0.25) is 0 Å². The highest BCUT2D eigenvalue weighted by atomic mass is 16.5. The highest BCUT2D eigenvalue weighted by molar-refractivity contribution is 5.90. The molecule has 0 aliphatic heterocycles. The third kappa shape index (κ3) is 4.76. The number of imidazole rings is 1. The number of allylic oxidation sites excluding steroid dienone is 1. The zero-order valence-corrected chi connectivity index (χ0v) is 17.6. The maximum absolute atomic E-state index is 9.72. The third-order valence-corrected chi connectivity index (χ3v) is 4.83. The van der Waals surface area contributed by atoms with Gasteiger partial charge in [0.15, 0.2) is 11.5 Å². The van der Waals surface area contributed by atoms with Crippen LogP contribution >= 0.6 is 0 Å². The molecule has 4 aromatic rings. The van der Waals surface area contributed by atoms with Crippen LogP contribution in [0.5, 0.6) is 11.5 Å². The van der Waals surface area contributed by atoms with Crippen LogP contribution in [0.3, 0.4) is 0 Å². The van der Waals surface area contributed by atoms with Crippen LogP contribution in [-0.4, -0.2) is 16.6 Å². The number of nitrogens with zero attached hydrogens (tertiary/aromatic N) is 2. The minimum absolute atomic E-state index is 0.453. The second kappa shape index (κ2) is 9.19. The predicted octanol–water partition coefficient (Wildman–Crippen LogP) is 5.91. The van der Waals surface area contributed by atoms with Crippen molar-refractivity contribution >= 4 is 22.7 Å². The van der Waals surface area contributed by atoms with E-state index in [2.05, 4.69) is 16.0 Å². The van der Waals surface area contributed by atoms with Gasteiger partial charge in [-0.2, -0.15) is 5.26 Å². The molecule has 0 unspecified atom stereocenters. The van der Waals surface area contributed by atoms with Crippen LogP contribution < -0.4 is 9.47 Å². The fourth-order valence-electron chi connectivity index (χ4n) is 3.31.